The fraction of sp³-hybridized carbons (Fsp3) is 0.143. The summed E-state index contributed by atoms with van der Waals surface area (Å²) in [5.41, 5.74) is 0.429. The zero-order chi connectivity index (χ0) is 13.1. The summed E-state index contributed by atoms with van der Waals surface area (Å²) >= 11 is 3.31. The van der Waals surface area contributed by atoms with Crippen molar-refractivity contribution in [3.63, 3.8) is 0 Å². The van der Waals surface area contributed by atoms with Crippen LogP contribution < -0.4 is 4.74 Å². The number of hydrogen-bond donors (Lipinski definition) is 1. The third-order valence-electron chi connectivity index (χ3n) is 2.48. The maximum Gasteiger partial charge on any atom is 0.168 e. The van der Waals surface area contributed by atoms with Crippen molar-refractivity contribution in [1.82, 2.24) is 0 Å². The molecule has 2 rings (SSSR count). The lowest BCUT2D eigenvalue weighted by Crippen LogP contribution is -1.98. The molecule has 2 aromatic rings. The number of aliphatic hydroxyl groups excluding tert-OH is 1. The molecule has 1 atom stereocenters. The summed E-state index contributed by atoms with van der Waals surface area (Å²) in [6, 6.07) is 11.6. The van der Waals surface area contributed by atoms with E-state index in [4.69, 9.17) is 4.74 Å². The van der Waals surface area contributed by atoms with Crippen LogP contribution in [0.15, 0.2) is 46.9 Å². The quantitative estimate of drug-likeness (QED) is 0.908. The molecule has 4 heteroatoms. The van der Waals surface area contributed by atoms with E-state index in [0.717, 1.165) is 4.47 Å². The van der Waals surface area contributed by atoms with Crippen molar-refractivity contribution >= 4 is 15.9 Å². The lowest BCUT2D eigenvalue weighted by atomic mass is 10.1. The molecule has 0 aliphatic rings. The monoisotopic (exact) mass is 310 g/mol. The first-order valence-corrected chi connectivity index (χ1v) is 6.27. The molecule has 0 radical (unpaired) electrons. The zero-order valence-corrected chi connectivity index (χ0v) is 11.3. The number of para-hydroxylation sites is 1. The van der Waals surface area contributed by atoms with Crippen molar-refractivity contribution in [2.75, 3.05) is 0 Å². The van der Waals surface area contributed by atoms with Crippen molar-refractivity contribution in [3.8, 4) is 11.5 Å². The summed E-state index contributed by atoms with van der Waals surface area (Å²) in [6.07, 6.45) is -0.786. The van der Waals surface area contributed by atoms with Gasteiger partial charge in [0.1, 0.15) is 5.75 Å². The van der Waals surface area contributed by atoms with Gasteiger partial charge in [0, 0.05) is 10.0 Å². The van der Waals surface area contributed by atoms with E-state index in [1.165, 1.54) is 6.07 Å². The smallest absolute Gasteiger partial charge is 0.168 e. The molecule has 0 amide bonds. The van der Waals surface area contributed by atoms with Crippen LogP contribution in [-0.4, -0.2) is 5.11 Å². The van der Waals surface area contributed by atoms with Crippen LogP contribution in [0.5, 0.6) is 11.5 Å². The Morgan fingerprint density at radius 1 is 1.17 bits per heavy atom. The minimum atomic E-state index is -0.786. The summed E-state index contributed by atoms with van der Waals surface area (Å²) in [7, 11) is 0. The van der Waals surface area contributed by atoms with Crippen LogP contribution in [-0.2, 0) is 0 Å². The predicted molar refractivity (Wildman–Crippen MR) is 71.2 cm³/mol. The predicted octanol–water partition coefficient (Wildman–Crippen LogP) is 4.43. The molecular weight excluding hydrogens is 299 g/mol. The zero-order valence-electron chi connectivity index (χ0n) is 9.73. The van der Waals surface area contributed by atoms with Crippen molar-refractivity contribution in [2.45, 2.75) is 13.0 Å². The molecule has 0 aromatic heterocycles. The Kier molecular flexibility index (Phi) is 3.99. The fourth-order valence-electron chi connectivity index (χ4n) is 1.58. The fourth-order valence-corrected chi connectivity index (χ4v) is 1.85. The summed E-state index contributed by atoms with van der Waals surface area (Å²) in [5.74, 6) is 0.0938. The van der Waals surface area contributed by atoms with Crippen LogP contribution in [0.3, 0.4) is 0 Å². The van der Waals surface area contributed by atoms with Gasteiger partial charge in [0.15, 0.2) is 11.6 Å². The average molecular weight is 311 g/mol. The van der Waals surface area contributed by atoms with Crippen LogP contribution in [0.25, 0.3) is 0 Å². The van der Waals surface area contributed by atoms with Gasteiger partial charge < -0.3 is 9.84 Å². The summed E-state index contributed by atoms with van der Waals surface area (Å²) in [4.78, 5) is 0. The van der Waals surface area contributed by atoms with E-state index in [1.54, 1.807) is 43.3 Å². The third kappa shape index (κ3) is 2.89. The molecule has 0 saturated carbocycles. The Morgan fingerprint density at radius 3 is 2.44 bits per heavy atom. The van der Waals surface area contributed by atoms with Crippen LogP contribution in [0.1, 0.15) is 18.6 Å². The Hall–Kier alpha value is -1.39. The van der Waals surface area contributed by atoms with E-state index in [0.29, 0.717) is 11.3 Å². The standard InChI is InChI=1S/C14H12BrFO2/c1-9(17)12-3-2-4-13(16)14(12)18-11-7-5-10(15)6-8-11/h2-9,17H,1H3. The van der Waals surface area contributed by atoms with E-state index in [-0.39, 0.29) is 5.75 Å². The second kappa shape index (κ2) is 5.50. The molecule has 94 valence electrons. The number of halogens is 2. The van der Waals surface area contributed by atoms with E-state index in [2.05, 4.69) is 15.9 Å². The van der Waals surface area contributed by atoms with E-state index in [9.17, 15) is 9.50 Å². The van der Waals surface area contributed by atoms with Gasteiger partial charge in [0.05, 0.1) is 6.10 Å². The highest BCUT2D eigenvalue weighted by molar-refractivity contribution is 9.10. The first kappa shape index (κ1) is 13.1. The summed E-state index contributed by atoms with van der Waals surface area (Å²) in [6.45, 7) is 1.57. The SMILES string of the molecule is CC(O)c1cccc(F)c1Oc1ccc(Br)cc1. The van der Waals surface area contributed by atoms with Gasteiger partial charge in [0.2, 0.25) is 0 Å². The molecular formula is C14H12BrFO2. The van der Waals surface area contributed by atoms with Crippen LogP contribution >= 0.6 is 15.9 Å². The first-order valence-electron chi connectivity index (χ1n) is 5.48. The lowest BCUT2D eigenvalue weighted by molar-refractivity contribution is 0.194. The lowest BCUT2D eigenvalue weighted by Gasteiger charge is -2.13. The van der Waals surface area contributed by atoms with Crippen LogP contribution in [0.2, 0.25) is 0 Å². The van der Waals surface area contributed by atoms with Crippen molar-refractivity contribution in [2.24, 2.45) is 0 Å². The molecule has 0 aliphatic carbocycles. The Labute approximate surface area is 113 Å². The molecule has 0 saturated heterocycles. The van der Waals surface area contributed by atoms with Gasteiger partial charge in [-0.05, 0) is 37.3 Å². The molecule has 1 N–H and O–H groups in total. The normalized spacial score (nSPS) is 12.2. The molecule has 1 unspecified atom stereocenters. The van der Waals surface area contributed by atoms with Gasteiger partial charge in [-0.25, -0.2) is 4.39 Å². The highest BCUT2D eigenvalue weighted by Gasteiger charge is 2.14. The summed E-state index contributed by atoms with van der Waals surface area (Å²) in [5, 5.41) is 9.60. The van der Waals surface area contributed by atoms with Gasteiger partial charge in [0.25, 0.3) is 0 Å². The second-order valence-corrected chi connectivity index (χ2v) is 4.81. The second-order valence-electron chi connectivity index (χ2n) is 3.89. The van der Waals surface area contributed by atoms with Crippen molar-refractivity contribution in [1.29, 1.82) is 0 Å². The Bertz CT molecular complexity index is 538. The molecule has 2 aromatic carbocycles. The molecule has 0 bridgehead atoms. The average Bonchev–Trinajstić information content (AvgIpc) is 2.34. The van der Waals surface area contributed by atoms with Gasteiger partial charge in [-0.3, -0.25) is 0 Å². The minimum absolute atomic E-state index is 0.0647. The molecule has 18 heavy (non-hydrogen) atoms. The first-order chi connectivity index (χ1) is 8.58. The van der Waals surface area contributed by atoms with Crippen molar-refractivity contribution < 1.29 is 14.2 Å². The molecule has 0 aliphatic heterocycles. The molecule has 0 fully saturated rings. The largest absolute Gasteiger partial charge is 0.454 e. The number of ether oxygens (including phenoxy) is 1. The van der Waals surface area contributed by atoms with Gasteiger partial charge in [-0.2, -0.15) is 0 Å². The Balaban J connectivity index is 2.36. The van der Waals surface area contributed by atoms with E-state index in [1.807, 2.05) is 0 Å². The molecule has 0 heterocycles. The maximum absolute atomic E-state index is 13.7. The topological polar surface area (TPSA) is 29.5 Å². The molecule has 2 nitrogen and oxygen atoms in total. The van der Waals surface area contributed by atoms with E-state index < -0.39 is 11.9 Å². The minimum Gasteiger partial charge on any atom is -0.454 e. The van der Waals surface area contributed by atoms with Gasteiger partial charge in [-0.15, -0.1) is 0 Å². The van der Waals surface area contributed by atoms with Gasteiger partial charge in [-0.1, -0.05) is 28.1 Å². The van der Waals surface area contributed by atoms with Crippen molar-refractivity contribution in [3.05, 3.63) is 58.3 Å². The van der Waals surface area contributed by atoms with Crippen LogP contribution in [0.4, 0.5) is 4.39 Å². The highest BCUT2D eigenvalue weighted by atomic mass is 79.9. The highest BCUT2D eigenvalue weighted by Crippen LogP contribution is 2.32. The Morgan fingerprint density at radius 2 is 1.83 bits per heavy atom. The summed E-state index contributed by atoms with van der Waals surface area (Å²) < 4.78 is 20.1. The number of hydrogen-bond acceptors (Lipinski definition) is 2. The maximum atomic E-state index is 13.7. The third-order valence-corrected chi connectivity index (χ3v) is 3.01. The van der Waals surface area contributed by atoms with Crippen LogP contribution in [0, 0.1) is 5.82 Å². The number of rotatable bonds is 3. The van der Waals surface area contributed by atoms with E-state index >= 15 is 0 Å². The molecule has 0 spiro atoms. The van der Waals surface area contributed by atoms with Gasteiger partial charge >= 0.3 is 0 Å². The number of benzene rings is 2. The number of aliphatic hydroxyl groups is 1.